The van der Waals surface area contributed by atoms with Gasteiger partial charge in [0.1, 0.15) is 5.82 Å². The molecule has 7 nitrogen and oxygen atoms in total. The summed E-state index contributed by atoms with van der Waals surface area (Å²) in [5.74, 6) is 0.422. The van der Waals surface area contributed by atoms with Crippen LogP contribution in [0, 0.1) is 6.92 Å². The molecule has 0 bridgehead atoms. The van der Waals surface area contributed by atoms with Crippen molar-refractivity contribution in [1.82, 2.24) is 20.4 Å². The molecule has 7 heteroatoms. The average Bonchev–Trinajstić information content (AvgIpc) is 3.08. The first kappa shape index (κ1) is 20.1. The Morgan fingerprint density at radius 1 is 1.23 bits per heavy atom. The monoisotopic (exact) mass is 405 g/mol. The summed E-state index contributed by atoms with van der Waals surface area (Å²) in [7, 11) is 0. The molecule has 2 amide bonds. The van der Waals surface area contributed by atoms with E-state index >= 15 is 0 Å². The van der Waals surface area contributed by atoms with Crippen LogP contribution >= 0.6 is 0 Å². The van der Waals surface area contributed by atoms with E-state index in [-0.39, 0.29) is 24.3 Å². The fourth-order valence-corrected chi connectivity index (χ4v) is 4.04. The second-order valence-corrected chi connectivity index (χ2v) is 7.81. The second-order valence-electron chi connectivity index (χ2n) is 7.81. The van der Waals surface area contributed by atoms with Crippen LogP contribution in [-0.2, 0) is 16.0 Å². The highest BCUT2D eigenvalue weighted by Gasteiger charge is 2.28. The number of rotatable bonds is 6. The minimum Gasteiger partial charge on any atom is -0.322 e. The Kier molecular flexibility index (Phi) is 5.81. The Bertz CT molecular complexity index is 1070. The third-order valence-corrected chi connectivity index (χ3v) is 5.36. The van der Waals surface area contributed by atoms with Crippen LogP contribution in [0.25, 0.3) is 10.8 Å². The number of hydrogen-bond donors (Lipinski definition) is 3. The number of hydrogen-bond acceptors (Lipinski definition) is 4. The quantitative estimate of drug-likeness (QED) is 0.587. The molecule has 0 aliphatic carbocycles. The Morgan fingerprint density at radius 3 is 2.87 bits per heavy atom. The molecular formula is C23H27N5O2. The van der Waals surface area contributed by atoms with Crippen LogP contribution in [0.4, 0.5) is 5.82 Å². The lowest BCUT2D eigenvalue weighted by molar-refractivity contribution is -0.125. The number of aromatic nitrogens is 2. The molecule has 30 heavy (non-hydrogen) atoms. The summed E-state index contributed by atoms with van der Waals surface area (Å²) in [6.07, 6.45) is 2.13. The number of aryl methyl sites for hydroxylation is 1. The van der Waals surface area contributed by atoms with Crippen molar-refractivity contribution in [3.05, 3.63) is 59.8 Å². The highest BCUT2D eigenvalue weighted by atomic mass is 16.2. The van der Waals surface area contributed by atoms with Crippen molar-refractivity contribution in [2.24, 2.45) is 0 Å². The van der Waals surface area contributed by atoms with Gasteiger partial charge in [-0.3, -0.25) is 14.9 Å². The van der Waals surface area contributed by atoms with E-state index in [2.05, 4.69) is 28.0 Å². The summed E-state index contributed by atoms with van der Waals surface area (Å²) in [5.41, 5.74) is 1.74. The topological polar surface area (TPSA) is 88.1 Å². The van der Waals surface area contributed by atoms with Crippen LogP contribution in [0.1, 0.15) is 43.7 Å². The molecule has 0 radical (unpaired) electrons. The Hall–Kier alpha value is -3.19. The summed E-state index contributed by atoms with van der Waals surface area (Å²) in [6, 6.07) is 15.9. The van der Waals surface area contributed by atoms with Gasteiger partial charge in [0.05, 0.1) is 12.1 Å². The molecule has 3 N–H and O–H groups in total. The first-order valence-corrected chi connectivity index (χ1v) is 10.4. The van der Waals surface area contributed by atoms with E-state index in [4.69, 9.17) is 0 Å². The van der Waals surface area contributed by atoms with Crippen molar-refractivity contribution >= 4 is 28.4 Å². The van der Waals surface area contributed by atoms with E-state index in [0.29, 0.717) is 12.2 Å². The van der Waals surface area contributed by atoms with Gasteiger partial charge in [-0.1, -0.05) is 55.8 Å². The minimum absolute atomic E-state index is 0.0154. The number of nitrogens with zero attached hydrogens (tertiary/aromatic N) is 2. The van der Waals surface area contributed by atoms with E-state index < -0.39 is 6.29 Å². The van der Waals surface area contributed by atoms with Gasteiger partial charge in [-0.25, -0.2) is 4.68 Å². The zero-order valence-corrected chi connectivity index (χ0v) is 17.3. The predicted molar refractivity (Wildman–Crippen MR) is 117 cm³/mol. The van der Waals surface area contributed by atoms with Gasteiger partial charge in [0.15, 0.2) is 6.29 Å². The van der Waals surface area contributed by atoms with E-state index in [1.165, 1.54) is 0 Å². The van der Waals surface area contributed by atoms with E-state index in [0.717, 1.165) is 34.9 Å². The third kappa shape index (κ3) is 4.36. The fourth-order valence-electron chi connectivity index (χ4n) is 4.04. The highest BCUT2D eigenvalue weighted by molar-refractivity contribution is 5.95. The Morgan fingerprint density at radius 2 is 2.03 bits per heavy atom. The van der Waals surface area contributed by atoms with Crippen LogP contribution in [0.3, 0.4) is 0 Å². The first-order valence-electron chi connectivity index (χ1n) is 10.4. The summed E-state index contributed by atoms with van der Waals surface area (Å²) in [6.45, 7) is 3.96. The molecule has 0 saturated carbocycles. The number of fused-ring (bicyclic) bond motifs is 1. The average molecular weight is 406 g/mol. The van der Waals surface area contributed by atoms with Crippen LogP contribution in [0.2, 0.25) is 0 Å². The maximum atomic E-state index is 12.8. The predicted octanol–water partition coefficient (Wildman–Crippen LogP) is 3.26. The molecule has 2 atom stereocenters. The van der Waals surface area contributed by atoms with Crippen LogP contribution < -0.4 is 16.0 Å². The largest absolute Gasteiger partial charge is 0.322 e. The standard InChI is InChI=1S/C23H27N5O2/c1-3-7-18-14-22(30)26-23(24-18)28-20(12-15(2)27-28)25-21(29)13-17-10-6-9-16-8-4-5-11-19(16)17/h4-6,8-12,18,23-24H,3,7,13-14H2,1-2H3,(H,25,29)(H,26,30). The molecule has 156 valence electrons. The lowest BCUT2D eigenvalue weighted by Crippen LogP contribution is -2.53. The lowest BCUT2D eigenvalue weighted by Gasteiger charge is -2.32. The van der Waals surface area contributed by atoms with Gasteiger partial charge in [0, 0.05) is 18.5 Å². The molecule has 1 aliphatic heterocycles. The lowest BCUT2D eigenvalue weighted by atomic mass is 10.0. The molecule has 1 saturated heterocycles. The van der Waals surface area contributed by atoms with Crippen LogP contribution in [0.5, 0.6) is 0 Å². The van der Waals surface area contributed by atoms with E-state index in [1.807, 2.05) is 55.5 Å². The number of carbonyl (C=O) groups is 2. The molecule has 2 heterocycles. The number of anilines is 1. The van der Waals surface area contributed by atoms with Gasteiger partial charge < -0.3 is 10.6 Å². The van der Waals surface area contributed by atoms with Gasteiger partial charge >= 0.3 is 0 Å². The smallest absolute Gasteiger partial charge is 0.229 e. The Balaban J connectivity index is 1.52. The number of benzene rings is 2. The van der Waals surface area contributed by atoms with Gasteiger partial charge in [-0.2, -0.15) is 5.10 Å². The van der Waals surface area contributed by atoms with Gasteiger partial charge in [-0.05, 0) is 29.7 Å². The van der Waals surface area contributed by atoms with Crippen LogP contribution in [0.15, 0.2) is 48.5 Å². The minimum atomic E-state index is -0.482. The third-order valence-electron chi connectivity index (χ3n) is 5.36. The summed E-state index contributed by atoms with van der Waals surface area (Å²) in [4.78, 5) is 25.0. The SMILES string of the molecule is CCCC1CC(=O)NC(n2nc(C)cc2NC(=O)Cc2cccc3ccccc23)N1. The maximum Gasteiger partial charge on any atom is 0.229 e. The van der Waals surface area contributed by atoms with Crippen LogP contribution in [-0.4, -0.2) is 27.6 Å². The van der Waals surface area contributed by atoms with Crippen molar-refractivity contribution < 1.29 is 9.59 Å². The van der Waals surface area contributed by atoms with Crippen molar-refractivity contribution in [2.75, 3.05) is 5.32 Å². The number of carbonyl (C=O) groups excluding carboxylic acids is 2. The highest BCUT2D eigenvalue weighted by Crippen LogP contribution is 2.21. The van der Waals surface area contributed by atoms with E-state index in [9.17, 15) is 9.59 Å². The fraction of sp³-hybridized carbons (Fsp3) is 0.348. The first-order chi connectivity index (χ1) is 14.5. The normalized spacial score (nSPS) is 18.9. The zero-order valence-electron chi connectivity index (χ0n) is 17.3. The van der Waals surface area contributed by atoms with E-state index in [1.54, 1.807) is 4.68 Å². The van der Waals surface area contributed by atoms with Crippen molar-refractivity contribution in [3.63, 3.8) is 0 Å². The Labute approximate surface area is 175 Å². The maximum absolute atomic E-state index is 12.8. The summed E-state index contributed by atoms with van der Waals surface area (Å²) < 4.78 is 1.65. The molecule has 3 aromatic rings. The molecule has 2 unspecified atom stereocenters. The van der Waals surface area contributed by atoms with Gasteiger partial charge in [0.25, 0.3) is 0 Å². The molecular weight excluding hydrogens is 378 g/mol. The number of amides is 2. The molecule has 4 rings (SSSR count). The molecule has 1 fully saturated rings. The van der Waals surface area contributed by atoms with Gasteiger partial charge in [0.2, 0.25) is 11.8 Å². The molecule has 1 aliphatic rings. The molecule has 0 spiro atoms. The number of nitrogens with one attached hydrogen (secondary N) is 3. The molecule has 2 aromatic carbocycles. The van der Waals surface area contributed by atoms with Crippen molar-refractivity contribution in [3.8, 4) is 0 Å². The van der Waals surface area contributed by atoms with Gasteiger partial charge in [-0.15, -0.1) is 0 Å². The van der Waals surface area contributed by atoms with Crippen molar-refractivity contribution in [2.45, 2.75) is 51.9 Å². The summed E-state index contributed by atoms with van der Waals surface area (Å²) in [5, 5.41) is 16.0. The van der Waals surface area contributed by atoms with Crippen molar-refractivity contribution in [1.29, 1.82) is 0 Å². The second kappa shape index (κ2) is 8.67. The zero-order chi connectivity index (χ0) is 21.1. The molecule has 1 aromatic heterocycles. The summed E-state index contributed by atoms with van der Waals surface area (Å²) >= 11 is 0.